The highest BCUT2D eigenvalue weighted by Crippen LogP contribution is 2.60. The van der Waals surface area contributed by atoms with Crippen LogP contribution in [0.2, 0.25) is 10.0 Å². The Balaban J connectivity index is 1.18. The molecule has 176 valence electrons. The number of hydrogen-bond acceptors (Lipinski definition) is 7. The minimum absolute atomic E-state index is 0.0214. The molecule has 0 unspecified atom stereocenters. The predicted molar refractivity (Wildman–Crippen MR) is 124 cm³/mol. The van der Waals surface area contributed by atoms with Gasteiger partial charge in [0.25, 0.3) is 0 Å². The summed E-state index contributed by atoms with van der Waals surface area (Å²) in [6, 6.07) is 10.3. The van der Waals surface area contributed by atoms with Crippen molar-refractivity contribution in [1.29, 1.82) is 0 Å². The molecule has 1 heterocycles. The highest BCUT2D eigenvalue weighted by Gasteiger charge is 2.68. The molecule has 2 aromatic carbocycles. The van der Waals surface area contributed by atoms with Crippen LogP contribution in [0.5, 0.6) is 5.75 Å². The van der Waals surface area contributed by atoms with E-state index < -0.39 is 36.2 Å². The first kappa shape index (κ1) is 23.3. The molecule has 3 aliphatic rings. The zero-order chi connectivity index (χ0) is 24.1. The Hall–Kier alpha value is -2.42. The first-order valence-electron chi connectivity index (χ1n) is 10.6. The van der Waals surface area contributed by atoms with Gasteiger partial charge in [-0.05, 0) is 54.8 Å². The summed E-state index contributed by atoms with van der Waals surface area (Å²) in [5.41, 5.74) is 0.436. The third-order valence-electron chi connectivity index (χ3n) is 6.68. The monoisotopic (exact) mass is 566 g/mol. The topological polar surface area (TPSA) is 96.0 Å². The van der Waals surface area contributed by atoms with Crippen molar-refractivity contribution in [2.24, 2.45) is 23.7 Å². The minimum Gasteiger partial charge on any atom is -0.461 e. The number of halogens is 3. The molecular weight excluding hydrogens is 551 g/mol. The third kappa shape index (κ3) is 4.01. The lowest BCUT2D eigenvalue weighted by Gasteiger charge is -2.26. The van der Waals surface area contributed by atoms with E-state index >= 15 is 0 Å². The SMILES string of the molecule is O=C(COC(=O)[C@@H]1[C@H]2C[C@H]3[C@H](OC(=O)[C@@H]31)[C@H]2Br)c1ccc(OC(=O)c2ccc(Cl)cc2Cl)cc1. The molecule has 10 heteroatoms. The lowest BCUT2D eigenvalue weighted by atomic mass is 9.80. The van der Waals surface area contributed by atoms with Crippen LogP contribution in [0.1, 0.15) is 27.1 Å². The normalized spacial score (nSPS) is 28.5. The molecular formula is C24H17BrCl2O7. The van der Waals surface area contributed by atoms with E-state index in [1.807, 2.05) is 0 Å². The molecule has 5 rings (SSSR count). The number of carbonyl (C=O) groups is 4. The van der Waals surface area contributed by atoms with E-state index in [0.29, 0.717) is 5.02 Å². The summed E-state index contributed by atoms with van der Waals surface area (Å²) in [7, 11) is 0. The molecule has 2 aromatic rings. The fraction of sp³-hybridized carbons (Fsp3) is 0.333. The van der Waals surface area contributed by atoms with Crippen molar-refractivity contribution in [3.8, 4) is 5.75 Å². The highest BCUT2D eigenvalue weighted by molar-refractivity contribution is 9.09. The summed E-state index contributed by atoms with van der Waals surface area (Å²) in [4.78, 5) is 49.7. The summed E-state index contributed by atoms with van der Waals surface area (Å²) < 4.78 is 16.0. The number of rotatable bonds is 6. The Morgan fingerprint density at radius 2 is 1.79 bits per heavy atom. The van der Waals surface area contributed by atoms with Crippen LogP contribution in [0.3, 0.4) is 0 Å². The Bertz CT molecular complexity index is 1200. The number of benzene rings is 2. The van der Waals surface area contributed by atoms with Crippen LogP contribution in [0.25, 0.3) is 0 Å². The number of alkyl halides is 1. The van der Waals surface area contributed by atoms with Crippen LogP contribution in [0.15, 0.2) is 42.5 Å². The molecule has 0 N–H and O–H groups in total. The molecule has 1 aliphatic heterocycles. The van der Waals surface area contributed by atoms with Crippen molar-refractivity contribution in [1.82, 2.24) is 0 Å². The van der Waals surface area contributed by atoms with Crippen LogP contribution in [0, 0.1) is 23.7 Å². The van der Waals surface area contributed by atoms with Crippen LogP contribution < -0.4 is 4.74 Å². The van der Waals surface area contributed by atoms with Gasteiger partial charge >= 0.3 is 17.9 Å². The van der Waals surface area contributed by atoms with Crippen LogP contribution >= 0.6 is 39.1 Å². The van der Waals surface area contributed by atoms with Gasteiger partial charge in [0, 0.05) is 16.5 Å². The van der Waals surface area contributed by atoms with Crippen molar-refractivity contribution >= 4 is 62.8 Å². The van der Waals surface area contributed by atoms with E-state index in [1.165, 1.54) is 42.5 Å². The number of hydrogen-bond donors (Lipinski definition) is 0. The van der Waals surface area contributed by atoms with Gasteiger partial charge in [0.15, 0.2) is 12.4 Å². The Kier molecular flexibility index (Phi) is 6.16. The average Bonchev–Trinajstić information content (AvgIpc) is 3.42. The zero-order valence-corrected chi connectivity index (χ0v) is 20.5. The van der Waals surface area contributed by atoms with E-state index in [4.69, 9.17) is 37.4 Å². The van der Waals surface area contributed by atoms with E-state index in [0.717, 1.165) is 6.42 Å². The maximum atomic E-state index is 12.7. The molecule has 0 spiro atoms. The standard InChI is InChI=1S/C24H17BrCl2O7/c25-20-14-8-15-19(24(31)34-21(15)20)18(14)23(30)32-9-17(28)10-1-4-12(5-2-10)33-22(29)13-6-3-11(26)7-16(13)27/h1-7,14-15,18-21H,8-9H2/t14-,15-,18-,19+,20+,21+/m1/s1. The summed E-state index contributed by atoms with van der Waals surface area (Å²) in [5, 5.41) is 0.555. The van der Waals surface area contributed by atoms with Crippen molar-refractivity contribution in [2.75, 3.05) is 6.61 Å². The molecule has 1 saturated heterocycles. The minimum atomic E-state index is -0.668. The Morgan fingerprint density at radius 3 is 2.50 bits per heavy atom. The number of ether oxygens (including phenoxy) is 3. The fourth-order valence-electron chi connectivity index (χ4n) is 5.14. The van der Waals surface area contributed by atoms with Gasteiger partial charge in [0.05, 0.1) is 27.2 Å². The van der Waals surface area contributed by atoms with Gasteiger partial charge < -0.3 is 14.2 Å². The van der Waals surface area contributed by atoms with E-state index in [1.54, 1.807) is 0 Å². The number of fused-ring (bicyclic) bond motifs is 1. The van der Waals surface area contributed by atoms with Gasteiger partial charge in [-0.1, -0.05) is 39.1 Å². The quantitative estimate of drug-likeness (QED) is 0.219. The molecule has 6 atom stereocenters. The summed E-state index contributed by atoms with van der Waals surface area (Å²) in [5.74, 6) is -2.91. The second kappa shape index (κ2) is 8.98. The maximum absolute atomic E-state index is 12.7. The molecule has 2 saturated carbocycles. The van der Waals surface area contributed by atoms with Crippen molar-refractivity contribution in [3.05, 3.63) is 63.6 Å². The van der Waals surface area contributed by atoms with E-state index in [-0.39, 0.29) is 50.6 Å². The molecule has 34 heavy (non-hydrogen) atoms. The summed E-state index contributed by atoms with van der Waals surface area (Å²) >= 11 is 15.4. The van der Waals surface area contributed by atoms with Gasteiger partial charge in [-0.25, -0.2) is 4.79 Å². The smallest absolute Gasteiger partial charge is 0.345 e. The largest absolute Gasteiger partial charge is 0.461 e. The maximum Gasteiger partial charge on any atom is 0.345 e. The third-order valence-corrected chi connectivity index (χ3v) is 8.43. The van der Waals surface area contributed by atoms with Crippen LogP contribution in [-0.2, 0) is 19.1 Å². The van der Waals surface area contributed by atoms with Gasteiger partial charge in [0.1, 0.15) is 11.9 Å². The Labute approximate surface area is 212 Å². The number of Topliss-reactive ketones (excluding diaryl/α,β-unsaturated/α-hetero) is 1. The van der Waals surface area contributed by atoms with Crippen molar-refractivity contribution in [2.45, 2.75) is 17.4 Å². The first-order chi connectivity index (χ1) is 16.2. The lowest BCUT2D eigenvalue weighted by molar-refractivity contribution is -0.154. The van der Waals surface area contributed by atoms with Gasteiger partial charge in [-0.3, -0.25) is 14.4 Å². The second-order valence-corrected chi connectivity index (χ2v) is 10.4. The second-order valence-electron chi connectivity index (χ2n) is 8.53. The number of esters is 3. The molecule has 0 radical (unpaired) electrons. The number of ketones is 1. The van der Waals surface area contributed by atoms with Crippen LogP contribution in [-0.4, -0.2) is 41.2 Å². The summed E-state index contributed by atoms with van der Waals surface area (Å²) in [6.07, 6.45) is 0.545. The molecule has 2 bridgehead atoms. The van der Waals surface area contributed by atoms with Crippen molar-refractivity contribution < 1.29 is 33.4 Å². The van der Waals surface area contributed by atoms with Gasteiger partial charge in [0.2, 0.25) is 0 Å². The van der Waals surface area contributed by atoms with Gasteiger partial charge in [-0.15, -0.1) is 0 Å². The van der Waals surface area contributed by atoms with E-state index in [2.05, 4.69) is 15.9 Å². The zero-order valence-electron chi connectivity index (χ0n) is 17.4. The molecule has 3 fully saturated rings. The molecule has 7 nitrogen and oxygen atoms in total. The lowest BCUT2D eigenvalue weighted by Crippen LogP contribution is -2.39. The average molecular weight is 568 g/mol. The fourth-order valence-corrected chi connectivity index (χ4v) is 6.67. The van der Waals surface area contributed by atoms with E-state index in [9.17, 15) is 19.2 Å². The first-order valence-corrected chi connectivity index (χ1v) is 12.2. The highest BCUT2D eigenvalue weighted by atomic mass is 79.9. The Morgan fingerprint density at radius 1 is 1.06 bits per heavy atom. The van der Waals surface area contributed by atoms with Crippen molar-refractivity contribution in [3.63, 3.8) is 0 Å². The number of carbonyl (C=O) groups excluding carboxylic acids is 4. The molecule has 0 aromatic heterocycles. The molecule has 0 amide bonds. The predicted octanol–water partition coefficient (Wildman–Crippen LogP) is 4.51. The van der Waals surface area contributed by atoms with Gasteiger partial charge in [-0.2, -0.15) is 0 Å². The van der Waals surface area contributed by atoms with Crippen LogP contribution in [0.4, 0.5) is 0 Å². The summed E-state index contributed by atoms with van der Waals surface area (Å²) in [6.45, 7) is -0.454. The molecule has 2 aliphatic carbocycles.